The highest BCUT2D eigenvalue weighted by molar-refractivity contribution is 5.43. The second-order valence-corrected chi connectivity index (χ2v) is 2.98. The van der Waals surface area contributed by atoms with Gasteiger partial charge in [-0.25, -0.2) is 0 Å². The van der Waals surface area contributed by atoms with E-state index in [0.717, 1.165) is 23.1 Å². The molecule has 0 aromatic rings. The van der Waals surface area contributed by atoms with Gasteiger partial charge in [-0.3, -0.25) is 0 Å². The Morgan fingerprint density at radius 3 is 2.00 bits per heavy atom. The summed E-state index contributed by atoms with van der Waals surface area (Å²) in [7, 11) is 0. The van der Waals surface area contributed by atoms with Crippen molar-refractivity contribution in [2.75, 3.05) is 0 Å². The largest absolute Gasteiger partial charge is 0.0955 e. The molecule has 0 fully saturated rings. The first-order valence-electron chi connectivity index (χ1n) is 4.28. The molecule has 0 rings (SSSR count). The Labute approximate surface area is 76.0 Å². The lowest BCUT2D eigenvalue weighted by atomic mass is 10.0. The fourth-order valence-corrected chi connectivity index (χ4v) is 0.949. The Balaban J connectivity index is 4.51. The lowest BCUT2D eigenvalue weighted by Gasteiger charge is -2.03. The van der Waals surface area contributed by atoms with Gasteiger partial charge in [0.05, 0.1) is 0 Å². The molecule has 0 atom stereocenters. The lowest BCUT2D eigenvalue weighted by Crippen LogP contribution is -1.83. The van der Waals surface area contributed by atoms with Crippen molar-refractivity contribution in [1.29, 1.82) is 0 Å². The minimum Gasteiger partial charge on any atom is -0.0955 e. The van der Waals surface area contributed by atoms with Crippen LogP contribution in [0.4, 0.5) is 0 Å². The summed E-state index contributed by atoms with van der Waals surface area (Å²) >= 11 is 0. The average molecular weight is 162 g/mol. The molecule has 0 heteroatoms. The van der Waals surface area contributed by atoms with Gasteiger partial charge in [0.1, 0.15) is 0 Å². The van der Waals surface area contributed by atoms with E-state index in [1.807, 2.05) is 13.8 Å². The van der Waals surface area contributed by atoms with Crippen molar-refractivity contribution in [3.8, 4) is 0 Å². The summed E-state index contributed by atoms with van der Waals surface area (Å²) in [4.78, 5) is 0. The average Bonchev–Trinajstić information content (AvgIpc) is 1.96. The van der Waals surface area contributed by atoms with Crippen LogP contribution in [0.3, 0.4) is 0 Å². The van der Waals surface area contributed by atoms with Crippen LogP contribution in [0.1, 0.15) is 27.2 Å². The molecule has 0 spiro atoms. The van der Waals surface area contributed by atoms with Gasteiger partial charge in [0.2, 0.25) is 0 Å². The van der Waals surface area contributed by atoms with Gasteiger partial charge in [-0.2, -0.15) is 0 Å². The maximum Gasteiger partial charge on any atom is -0.0210 e. The van der Waals surface area contributed by atoms with Crippen LogP contribution in [0.2, 0.25) is 0 Å². The van der Waals surface area contributed by atoms with Crippen molar-refractivity contribution in [2.45, 2.75) is 27.2 Å². The van der Waals surface area contributed by atoms with Crippen LogP contribution >= 0.6 is 0 Å². The van der Waals surface area contributed by atoms with Crippen molar-refractivity contribution in [2.24, 2.45) is 0 Å². The zero-order valence-corrected chi connectivity index (χ0v) is 8.35. The summed E-state index contributed by atoms with van der Waals surface area (Å²) in [5, 5.41) is 0. The topological polar surface area (TPSA) is 0 Å². The SMILES string of the molecule is C=C(C)C(=CC=CCC)C(=C)C. The van der Waals surface area contributed by atoms with E-state index in [1.54, 1.807) is 0 Å². The molecule has 0 saturated heterocycles. The van der Waals surface area contributed by atoms with Gasteiger partial charge < -0.3 is 0 Å². The smallest absolute Gasteiger partial charge is 0.0210 e. The molecule has 0 bridgehead atoms. The molecule has 0 aromatic heterocycles. The van der Waals surface area contributed by atoms with Crippen LogP contribution in [0.25, 0.3) is 0 Å². The Hall–Kier alpha value is -1.04. The monoisotopic (exact) mass is 162 g/mol. The Kier molecular flexibility index (Phi) is 5.11. The standard InChI is InChI=1S/C12H18/c1-6-7-8-9-12(10(2)3)11(4)5/h7-9H,2,4,6H2,1,3,5H3. The van der Waals surface area contributed by atoms with Gasteiger partial charge in [-0.15, -0.1) is 0 Å². The summed E-state index contributed by atoms with van der Waals surface area (Å²) in [6, 6.07) is 0. The van der Waals surface area contributed by atoms with Gasteiger partial charge in [-0.1, -0.05) is 49.5 Å². The van der Waals surface area contributed by atoms with Gasteiger partial charge in [0.15, 0.2) is 0 Å². The van der Waals surface area contributed by atoms with Crippen molar-refractivity contribution in [3.05, 3.63) is 48.1 Å². The Morgan fingerprint density at radius 1 is 1.17 bits per heavy atom. The van der Waals surface area contributed by atoms with Crippen LogP contribution in [0.5, 0.6) is 0 Å². The molecular weight excluding hydrogens is 144 g/mol. The number of hydrogen-bond donors (Lipinski definition) is 0. The van der Waals surface area contributed by atoms with E-state index in [9.17, 15) is 0 Å². The second kappa shape index (κ2) is 5.59. The van der Waals surface area contributed by atoms with E-state index < -0.39 is 0 Å². The minimum atomic E-state index is 1.07. The van der Waals surface area contributed by atoms with E-state index in [0.29, 0.717) is 0 Å². The van der Waals surface area contributed by atoms with Crippen molar-refractivity contribution in [3.63, 3.8) is 0 Å². The molecule has 66 valence electrons. The molecule has 0 aromatic carbocycles. The molecule has 0 aliphatic rings. The summed E-state index contributed by atoms with van der Waals surface area (Å²) in [5.74, 6) is 0. The van der Waals surface area contributed by atoms with Crippen LogP contribution in [-0.2, 0) is 0 Å². The molecule has 0 nitrogen and oxygen atoms in total. The molecule has 0 unspecified atom stereocenters. The summed E-state index contributed by atoms with van der Waals surface area (Å²) in [6.45, 7) is 13.9. The molecule has 0 aliphatic carbocycles. The predicted octanol–water partition coefficient (Wildman–Crippen LogP) is 4.03. The van der Waals surface area contributed by atoms with Crippen molar-refractivity contribution < 1.29 is 0 Å². The normalized spacial score (nSPS) is 9.92. The van der Waals surface area contributed by atoms with Crippen molar-refractivity contribution >= 4 is 0 Å². The molecular formula is C12H18. The second-order valence-electron chi connectivity index (χ2n) is 2.98. The number of rotatable bonds is 4. The molecule has 0 N–H and O–H groups in total. The van der Waals surface area contributed by atoms with Crippen LogP contribution in [0.15, 0.2) is 48.1 Å². The first kappa shape index (κ1) is 11.0. The van der Waals surface area contributed by atoms with Crippen LogP contribution in [-0.4, -0.2) is 0 Å². The zero-order valence-electron chi connectivity index (χ0n) is 8.35. The summed E-state index contributed by atoms with van der Waals surface area (Å²) in [5.41, 5.74) is 3.30. The Morgan fingerprint density at radius 2 is 1.67 bits per heavy atom. The summed E-state index contributed by atoms with van der Waals surface area (Å²) in [6.07, 6.45) is 7.30. The van der Waals surface area contributed by atoms with E-state index in [1.165, 1.54) is 0 Å². The third-order valence-electron chi connectivity index (χ3n) is 1.55. The maximum absolute atomic E-state index is 3.89. The molecule has 0 radical (unpaired) electrons. The third kappa shape index (κ3) is 3.97. The first-order chi connectivity index (χ1) is 5.59. The summed E-state index contributed by atoms with van der Waals surface area (Å²) < 4.78 is 0. The van der Waals surface area contributed by atoms with E-state index >= 15 is 0 Å². The Bertz CT molecular complexity index is 210. The molecule has 0 amide bonds. The van der Waals surface area contributed by atoms with Crippen molar-refractivity contribution in [1.82, 2.24) is 0 Å². The third-order valence-corrected chi connectivity index (χ3v) is 1.55. The predicted molar refractivity (Wildman–Crippen MR) is 57.1 cm³/mol. The number of allylic oxidation sites excluding steroid dienone is 6. The molecule has 0 aliphatic heterocycles. The first-order valence-corrected chi connectivity index (χ1v) is 4.28. The zero-order chi connectivity index (χ0) is 9.56. The van der Waals surface area contributed by atoms with Gasteiger partial charge in [0.25, 0.3) is 0 Å². The fraction of sp³-hybridized carbons (Fsp3) is 0.333. The van der Waals surface area contributed by atoms with Gasteiger partial charge >= 0.3 is 0 Å². The van der Waals surface area contributed by atoms with Gasteiger partial charge in [-0.05, 0) is 25.8 Å². The van der Waals surface area contributed by atoms with Gasteiger partial charge in [0, 0.05) is 0 Å². The maximum atomic E-state index is 3.89. The fourth-order valence-electron chi connectivity index (χ4n) is 0.949. The van der Waals surface area contributed by atoms with E-state index in [-0.39, 0.29) is 0 Å². The highest BCUT2D eigenvalue weighted by Gasteiger charge is 1.95. The minimum absolute atomic E-state index is 1.07. The van der Waals surface area contributed by atoms with Crippen LogP contribution < -0.4 is 0 Å². The quantitative estimate of drug-likeness (QED) is 0.547. The molecule has 0 saturated carbocycles. The number of hydrogen-bond acceptors (Lipinski definition) is 0. The lowest BCUT2D eigenvalue weighted by molar-refractivity contribution is 1.22. The van der Waals surface area contributed by atoms with E-state index in [2.05, 4.69) is 38.3 Å². The highest BCUT2D eigenvalue weighted by atomic mass is 14.0. The molecule has 0 heterocycles. The highest BCUT2D eigenvalue weighted by Crippen LogP contribution is 2.15. The molecule has 12 heavy (non-hydrogen) atoms. The van der Waals surface area contributed by atoms with Crippen LogP contribution in [0, 0.1) is 0 Å². The van der Waals surface area contributed by atoms with E-state index in [4.69, 9.17) is 0 Å².